The zero-order valence-corrected chi connectivity index (χ0v) is 19.2. The molecule has 0 spiro atoms. The number of fused-ring (bicyclic) bond motifs is 2. The highest BCUT2D eigenvalue weighted by Gasteiger charge is 2.24. The van der Waals surface area contributed by atoms with Gasteiger partial charge in [0, 0.05) is 18.7 Å². The van der Waals surface area contributed by atoms with Gasteiger partial charge in [-0.15, -0.1) is 0 Å². The number of amides is 1. The number of carbonyl (C=O) groups is 1. The van der Waals surface area contributed by atoms with Gasteiger partial charge in [0.1, 0.15) is 28.5 Å². The number of anilines is 1. The van der Waals surface area contributed by atoms with Crippen LogP contribution >= 0.6 is 0 Å². The maximum absolute atomic E-state index is 14.2. The molecular weight excluding hydrogens is 445 g/mol. The van der Waals surface area contributed by atoms with E-state index in [1.807, 2.05) is 48.5 Å². The molecule has 3 N–H and O–H groups in total. The molecule has 0 aliphatic rings. The second-order valence-electron chi connectivity index (χ2n) is 8.13. The molecule has 176 valence electrons. The molecule has 0 saturated carbocycles. The van der Waals surface area contributed by atoms with E-state index in [-0.39, 0.29) is 29.7 Å². The Kier molecular flexibility index (Phi) is 6.01. The number of nitrogens with zero attached hydrogens (tertiary/aromatic N) is 3. The summed E-state index contributed by atoms with van der Waals surface area (Å²) in [4.78, 5) is 22.8. The van der Waals surface area contributed by atoms with Crippen LogP contribution in [-0.2, 0) is 19.5 Å². The number of benzene rings is 3. The normalized spacial score (nSPS) is 11.1. The molecule has 0 saturated heterocycles. The largest absolute Gasteiger partial charge is 0.496 e. The fourth-order valence-electron chi connectivity index (χ4n) is 4.21. The van der Waals surface area contributed by atoms with E-state index < -0.39 is 0 Å². The van der Waals surface area contributed by atoms with Crippen LogP contribution in [0.5, 0.6) is 5.75 Å². The molecule has 5 aromatic rings. The van der Waals surface area contributed by atoms with Crippen molar-refractivity contribution in [2.24, 2.45) is 0 Å². The molecular formula is C27H24FN5O2. The molecule has 0 radical (unpaired) electrons. The molecule has 3 aromatic carbocycles. The highest BCUT2D eigenvalue weighted by atomic mass is 19.1. The van der Waals surface area contributed by atoms with E-state index in [1.54, 1.807) is 29.9 Å². The zero-order valence-electron chi connectivity index (χ0n) is 19.2. The van der Waals surface area contributed by atoms with Gasteiger partial charge in [-0.1, -0.05) is 48.5 Å². The first-order valence-corrected chi connectivity index (χ1v) is 11.2. The molecule has 7 nitrogen and oxygen atoms in total. The van der Waals surface area contributed by atoms with Crippen molar-refractivity contribution in [3.05, 3.63) is 95.3 Å². The van der Waals surface area contributed by atoms with Gasteiger partial charge in [0.25, 0.3) is 5.91 Å². The smallest absolute Gasteiger partial charge is 0.257 e. The topological polar surface area (TPSA) is 95.1 Å². The number of nitrogens with two attached hydrogens (primary N) is 1. The van der Waals surface area contributed by atoms with Crippen LogP contribution in [0.25, 0.3) is 22.2 Å². The Morgan fingerprint density at radius 2 is 1.63 bits per heavy atom. The molecule has 0 unspecified atom stereocenters. The first-order valence-electron chi connectivity index (χ1n) is 11.2. The van der Waals surface area contributed by atoms with Gasteiger partial charge in [0.15, 0.2) is 5.65 Å². The number of methoxy groups -OCH3 is 1. The molecule has 0 aliphatic heterocycles. The predicted octanol–water partition coefficient (Wildman–Crippen LogP) is 4.49. The number of rotatable bonds is 7. The molecule has 2 aromatic heterocycles. The lowest BCUT2D eigenvalue weighted by atomic mass is 10.1. The quantitative estimate of drug-likeness (QED) is 0.366. The SMILES string of the molecule is COc1ccccc1CNC(=O)c1c(N)n(CCc2ccccc2F)c2nc3ccccc3nc12. The van der Waals surface area contributed by atoms with E-state index in [4.69, 9.17) is 20.4 Å². The number of nitrogens with one attached hydrogen (secondary N) is 1. The van der Waals surface area contributed by atoms with E-state index in [9.17, 15) is 9.18 Å². The van der Waals surface area contributed by atoms with Crippen molar-refractivity contribution < 1.29 is 13.9 Å². The third kappa shape index (κ3) is 4.26. The minimum Gasteiger partial charge on any atom is -0.496 e. The van der Waals surface area contributed by atoms with Crippen LogP contribution < -0.4 is 15.8 Å². The minimum atomic E-state index is -0.368. The van der Waals surface area contributed by atoms with Crippen LogP contribution in [0.4, 0.5) is 10.2 Å². The van der Waals surface area contributed by atoms with E-state index in [0.717, 1.165) is 5.56 Å². The van der Waals surface area contributed by atoms with Crippen LogP contribution in [0.15, 0.2) is 72.8 Å². The van der Waals surface area contributed by atoms with Crippen molar-refractivity contribution in [1.29, 1.82) is 0 Å². The third-order valence-electron chi connectivity index (χ3n) is 6.01. The van der Waals surface area contributed by atoms with E-state index in [1.165, 1.54) is 6.07 Å². The number of aromatic nitrogens is 3. The predicted molar refractivity (Wildman–Crippen MR) is 134 cm³/mol. The molecule has 0 atom stereocenters. The average molecular weight is 470 g/mol. The summed E-state index contributed by atoms with van der Waals surface area (Å²) in [7, 11) is 1.59. The summed E-state index contributed by atoms with van der Waals surface area (Å²) in [6.45, 7) is 0.598. The Labute approximate surface area is 201 Å². The van der Waals surface area contributed by atoms with Gasteiger partial charge in [-0.3, -0.25) is 4.79 Å². The second-order valence-corrected chi connectivity index (χ2v) is 8.13. The highest BCUT2D eigenvalue weighted by molar-refractivity contribution is 6.10. The fraction of sp³-hybridized carbons (Fsp3) is 0.148. The number of hydrogen-bond acceptors (Lipinski definition) is 5. The number of nitrogen functional groups attached to an aromatic ring is 1. The molecule has 0 aliphatic carbocycles. The van der Waals surface area contributed by atoms with Crippen molar-refractivity contribution in [1.82, 2.24) is 19.9 Å². The summed E-state index contributed by atoms with van der Waals surface area (Å²) in [5.74, 6) is 0.268. The summed E-state index contributed by atoms with van der Waals surface area (Å²) in [5, 5.41) is 2.93. The Morgan fingerprint density at radius 3 is 2.37 bits per heavy atom. The van der Waals surface area contributed by atoms with Gasteiger partial charge < -0.3 is 20.4 Å². The number of carbonyl (C=O) groups excluding carboxylic acids is 1. The first kappa shape index (κ1) is 22.3. The summed E-state index contributed by atoms with van der Waals surface area (Å²) in [5.41, 5.74) is 10.4. The van der Waals surface area contributed by atoms with Crippen molar-refractivity contribution in [3.63, 3.8) is 0 Å². The van der Waals surface area contributed by atoms with Crippen molar-refractivity contribution in [2.75, 3.05) is 12.8 Å². The zero-order chi connectivity index (χ0) is 24.4. The van der Waals surface area contributed by atoms with Gasteiger partial charge in [0.05, 0.1) is 18.1 Å². The molecule has 35 heavy (non-hydrogen) atoms. The average Bonchev–Trinajstić information content (AvgIpc) is 3.15. The Bertz CT molecular complexity index is 1550. The Balaban J connectivity index is 1.54. The van der Waals surface area contributed by atoms with Gasteiger partial charge in [-0.25, -0.2) is 14.4 Å². The lowest BCUT2D eigenvalue weighted by Crippen LogP contribution is -2.24. The van der Waals surface area contributed by atoms with Crippen LogP contribution in [0.3, 0.4) is 0 Å². The number of aryl methyl sites for hydroxylation is 2. The van der Waals surface area contributed by atoms with Crippen LogP contribution in [0.2, 0.25) is 0 Å². The highest BCUT2D eigenvalue weighted by Crippen LogP contribution is 2.29. The van der Waals surface area contributed by atoms with Gasteiger partial charge in [-0.05, 0) is 36.2 Å². The number of hydrogen-bond donors (Lipinski definition) is 2. The summed E-state index contributed by atoms with van der Waals surface area (Å²) in [6.07, 6.45) is 0.386. The van der Waals surface area contributed by atoms with Crippen molar-refractivity contribution >= 4 is 33.9 Å². The molecule has 0 fully saturated rings. The number of ether oxygens (including phenoxy) is 1. The summed E-state index contributed by atoms with van der Waals surface area (Å²) >= 11 is 0. The van der Waals surface area contributed by atoms with Crippen molar-refractivity contribution in [2.45, 2.75) is 19.5 Å². The molecule has 2 heterocycles. The molecule has 8 heteroatoms. The number of para-hydroxylation sites is 3. The van der Waals surface area contributed by atoms with Gasteiger partial charge in [-0.2, -0.15) is 0 Å². The van der Waals surface area contributed by atoms with Gasteiger partial charge >= 0.3 is 0 Å². The standard InChI is InChI=1S/C27H24FN5O2/c1-35-22-13-7-3-9-18(22)16-30-27(34)23-24-26(32-21-12-6-5-11-20(21)31-24)33(25(23)29)15-14-17-8-2-4-10-19(17)28/h2-13H,14-16,29H2,1H3,(H,30,34). The number of halogens is 1. The van der Waals surface area contributed by atoms with E-state index >= 15 is 0 Å². The Morgan fingerprint density at radius 1 is 0.971 bits per heavy atom. The van der Waals surface area contributed by atoms with Crippen molar-refractivity contribution in [3.8, 4) is 5.75 Å². The third-order valence-corrected chi connectivity index (χ3v) is 6.01. The van der Waals surface area contributed by atoms with E-state index in [0.29, 0.717) is 46.5 Å². The van der Waals surface area contributed by atoms with Crippen LogP contribution in [0.1, 0.15) is 21.5 Å². The second kappa shape index (κ2) is 9.42. The van der Waals surface area contributed by atoms with Crippen LogP contribution in [0, 0.1) is 5.82 Å². The van der Waals surface area contributed by atoms with E-state index in [2.05, 4.69) is 5.32 Å². The molecule has 5 rings (SSSR count). The molecule has 0 bridgehead atoms. The molecule has 1 amide bonds. The summed E-state index contributed by atoms with van der Waals surface area (Å²) < 4.78 is 21.3. The maximum Gasteiger partial charge on any atom is 0.257 e. The van der Waals surface area contributed by atoms with Gasteiger partial charge in [0.2, 0.25) is 0 Å². The van der Waals surface area contributed by atoms with Crippen LogP contribution in [-0.4, -0.2) is 27.6 Å². The minimum absolute atomic E-state index is 0.240. The lowest BCUT2D eigenvalue weighted by Gasteiger charge is -2.10. The summed E-state index contributed by atoms with van der Waals surface area (Å²) in [6, 6.07) is 21.5. The monoisotopic (exact) mass is 469 g/mol. The first-order chi connectivity index (χ1) is 17.1. The maximum atomic E-state index is 14.2. The Hall–Kier alpha value is -4.46. The lowest BCUT2D eigenvalue weighted by molar-refractivity contribution is 0.0953. The fourth-order valence-corrected chi connectivity index (χ4v) is 4.21.